The maximum Gasteiger partial charge on any atom is 0.336 e. The Balaban J connectivity index is 5.09. The van der Waals surface area contributed by atoms with Crippen LogP contribution in [0.25, 0.3) is 0 Å². The summed E-state index contributed by atoms with van der Waals surface area (Å²) in [6.45, 7) is 11.2. The summed E-state index contributed by atoms with van der Waals surface area (Å²) in [5, 5.41) is 19.5. The normalized spacial score (nSPS) is 17.3. The molecule has 0 spiro atoms. The van der Waals surface area contributed by atoms with Crippen molar-refractivity contribution in [3.05, 3.63) is 0 Å². The summed E-state index contributed by atoms with van der Waals surface area (Å²) >= 11 is 0. The van der Waals surface area contributed by atoms with Gasteiger partial charge in [0.15, 0.2) is 5.60 Å². The van der Waals surface area contributed by atoms with Crippen molar-refractivity contribution in [2.45, 2.75) is 60.0 Å². The van der Waals surface area contributed by atoms with E-state index in [4.69, 9.17) is 0 Å². The second-order valence-electron chi connectivity index (χ2n) is 6.11. The Labute approximate surface area is 92.5 Å². The fourth-order valence-electron chi connectivity index (χ4n) is 1.48. The summed E-state index contributed by atoms with van der Waals surface area (Å²) in [5.74, 6) is -1.13. The van der Waals surface area contributed by atoms with Gasteiger partial charge in [-0.05, 0) is 11.8 Å². The zero-order valence-corrected chi connectivity index (χ0v) is 10.7. The van der Waals surface area contributed by atoms with Crippen molar-refractivity contribution in [2.24, 2.45) is 10.8 Å². The SMILES string of the molecule is CCC(C)(C)CC(O)(C(=O)O)C(C)(C)C. The summed E-state index contributed by atoms with van der Waals surface area (Å²) in [6, 6.07) is 0. The molecule has 3 nitrogen and oxygen atoms in total. The molecule has 3 heteroatoms. The Bertz CT molecular complexity index is 238. The first-order chi connectivity index (χ1) is 6.46. The van der Waals surface area contributed by atoms with Gasteiger partial charge in [-0.1, -0.05) is 48.0 Å². The molecular formula is C12H24O3. The highest BCUT2D eigenvalue weighted by atomic mass is 16.4. The maximum absolute atomic E-state index is 11.2. The zero-order valence-electron chi connectivity index (χ0n) is 10.7. The van der Waals surface area contributed by atoms with Gasteiger partial charge < -0.3 is 10.2 Å². The number of aliphatic carboxylic acids is 1. The van der Waals surface area contributed by atoms with Crippen LogP contribution in [0.4, 0.5) is 0 Å². The Kier molecular flexibility index (Phi) is 3.97. The van der Waals surface area contributed by atoms with E-state index in [1.165, 1.54) is 0 Å². The molecule has 0 aliphatic heterocycles. The van der Waals surface area contributed by atoms with Crippen LogP contribution in [0, 0.1) is 10.8 Å². The fourth-order valence-corrected chi connectivity index (χ4v) is 1.48. The smallest absolute Gasteiger partial charge is 0.336 e. The molecule has 0 aromatic heterocycles. The molecule has 1 atom stereocenters. The van der Waals surface area contributed by atoms with E-state index >= 15 is 0 Å². The Morgan fingerprint density at radius 2 is 1.53 bits per heavy atom. The van der Waals surface area contributed by atoms with Crippen LogP contribution < -0.4 is 0 Å². The molecule has 0 rings (SSSR count). The van der Waals surface area contributed by atoms with Gasteiger partial charge in [0.25, 0.3) is 0 Å². The van der Waals surface area contributed by atoms with Gasteiger partial charge in [0.2, 0.25) is 0 Å². The molecule has 0 saturated carbocycles. The van der Waals surface area contributed by atoms with Gasteiger partial charge in [-0.25, -0.2) is 4.79 Å². The summed E-state index contributed by atoms with van der Waals surface area (Å²) in [5.41, 5.74) is -2.49. The zero-order chi connectivity index (χ0) is 12.5. The number of aliphatic hydroxyl groups is 1. The summed E-state index contributed by atoms with van der Waals surface area (Å²) in [7, 11) is 0. The largest absolute Gasteiger partial charge is 0.479 e. The molecule has 0 saturated heterocycles. The lowest BCUT2D eigenvalue weighted by Crippen LogP contribution is -2.52. The van der Waals surface area contributed by atoms with Crippen LogP contribution in [-0.2, 0) is 4.79 Å². The number of hydrogen-bond acceptors (Lipinski definition) is 2. The molecule has 0 heterocycles. The third kappa shape index (κ3) is 3.20. The van der Waals surface area contributed by atoms with E-state index in [0.29, 0.717) is 0 Å². The molecule has 1 unspecified atom stereocenters. The van der Waals surface area contributed by atoms with Crippen molar-refractivity contribution < 1.29 is 15.0 Å². The van der Waals surface area contributed by atoms with Gasteiger partial charge in [-0.3, -0.25) is 0 Å². The van der Waals surface area contributed by atoms with Crippen LogP contribution >= 0.6 is 0 Å². The van der Waals surface area contributed by atoms with Gasteiger partial charge in [0.1, 0.15) is 0 Å². The van der Waals surface area contributed by atoms with E-state index in [1.807, 2.05) is 20.8 Å². The Hall–Kier alpha value is -0.570. The predicted octanol–water partition coefficient (Wildman–Crippen LogP) is 2.67. The molecular weight excluding hydrogens is 192 g/mol. The number of carboxylic acids is 1. The maximum atomic E-state index is 11.2. The van der Waals surface area contributed by atoms with Crippen LogP contribution in [0.15, 0.2) is 0 Å². The van der Waals surface area contributed by atoms with Crippen LogP contribution in [0.2, 0.25) is 0 Å². The number of carboxylic acid groups (broad SMARTS) is 1. The first-order valence-electron chi connectivity index (χ1n) is 5.42. The van der Waals surface area contributed by atoms with Crippen molar-refractivity contribution >= 4 is 5.97 Å². The van der Waals surface area contributed by atoms with Gasteiger partial charge >= 0.3 is 5.97 Å². The van der Waals surface area contributed by atoms with Crippen molar-refractivity contribution in [1.82, 2.24) is 0 Å². The highest BCUT2D eigenvalue weighted by Crippen LogP contribution is 2.41. The van der Waals surface area contributed by atoms with E-state index in [-0.39, 0.29) is 11.8 Å². The van der Waals surface area contributed by atoms with Crippen LogP contribution in [-0.4, -0.2) is 21.8 Å². The molecule has 0 aliphatic carbocycles. The lowest BCUT2D eigenvalue weighted by molar-refractivity contribution is -0.177. The van der Waals surface area contributed by atoms with Gasteiger partial charge in [0, 0.05) is 5.41 Å². The molecule has 0 radical (unpaired) electrons. The quantitative estimate of drug-likeness (QED) is 0.759. The first kappa shape index (κ1) is 14.4. The highest BCUT2D eigenvalue weighted by Gasteiger charge is 2.49. The molecule has 0 amide bonds. The molecule has 0 fully saturated rings. The lowest BCUT2D eigenvalue weighted by Gasteiger charge is -2.41. The molecule has 0 bridgehead atoms. The molecule has 0 aliphatic rings. The van der Waals surface area contributed by atoms with Gasteiger partial charge in [0.05, 0.1) is 0 Å². The van der Waals surface area contributed by atoms with Crippen LogP contribution in [0.5, 0.6) is 0 Å². The highest BCUT2D eigenvalue weighted by molar-refractivity contribution is 5.78. The minimum absolute atomic E-state index is 0.166. The lowest BCUT2D eigenvalue weighted by atomic mass is 9.67. The topological polar surface area (TPSA) is 57.5 Å². The third-order valence-electron chi connectivity index (χ3n) is 3.29. The first-order valence-corrected chi connectivity index (χ1v) is 5.42. The van der Waals surface area contributed by atoms with Crippen LogP contribution in [0.3, 0.4) is 0 Å². The van der Waals surface area contributed by atoms with E-state index in [2.05, 4.69) is 0 Å². The third-order valence-corrected chi connectivity index (χ3v) is 3.29. The molecule has 15 heavy (non-hydrogen) atoms. The number of rotatable bonds is 4. The Morgan fingerprint density at radius 1 is 1.13 bits per heavy atom. The molecule has 0 aromatic carbocycles. The minimum atomic E-state index is -1.66. The van der Waals surface area contributed by atoms with E-state index in [9.17, 15) is 15.0 Å². The number of hydrogen-bond donors (Lipinski definition) is 2. The summed E-state index contributed by atoms with van der Waals surface area (Å²) in [6.07, 6.45) is 1.12. The second-order valence-corrected chi connectivity index (χ2v) is 6.11. The van der Waals surface area contributed by atoms with Crippen molar-refractivity contribution in [3.63, 3.8) is 0 Å². The average molecular weight is 216 g/mol. The van der Waals surface area contributed by atoms with E-state index in [1.54, 1.807) is 20.8 Å². The van der Waals surface area contributed by atoms with E-state index < -0.39 is 17.0 Å². The van der Waals surface area contributed by atoms with E-state index in [0.717, 1.165) is 6.42 Å². The summed E-state index contributed by atoms with van der Waals surface area (Å²) in [4.78, 5) is 11.2. The monoisotopic (exact) mass is 216 g/mol. The van der Waals surface area contributed by atoms with Crippen molar-refractivity contribution in [2.75, 3.05) is 0 Å². The van der Waals surface area contributed by atoms with Crippen molar-refractivity contribution in [3.8, 4) is 0 Å². The van der Waals surface area contributed by atoms with Crippen molar-refractivity contribution in [1.29, 1.82) is 0 Å². The van der Waals surface area contributed by atoms with Gasteiger partial charge in [-0.2, -0.15) is 0 Å². The summed E-state index contributed by atoms with van der Waals surface area (Å²) < 4.78 is 0. The molecule has 0 aromatic rings. The van der Waals surface area contributed by atoms with Gasteiger partial charge in [-0.15, -0.1) is 0 Å². The molecule has 2 N–H and O–H groups in total. The standard InChI is InChI=1S/C12H24O3/c1-7-11(5,6)8-12(15,9(13)14)10(2,3)4/h15H,7-8H2,1-6H3,(H,13,14). The average Bonchev–Trinajstić information content (AvgIpc) is 2.01. The minimum Gasteiger partial charge on any atom is -0.479 e. The van der Waals surface area contributed by atoms with Crippen LogP contribution in [0.1, 0.15) is 54.4 Å². The Morgan fingerprint density at radius 3 is 1.73 bits per heavy atom. The fraction of sp³-hybridized carbons (Fsp3) is 0.917. The second kappa shape index (κ2) is 4.12. The predicted molar refractivity (Wildman–Crippen MR) is 60.7 cm³/mol. The molecule has 90 valence electrons. The number of carbonyl (C=O) groups is 1.